The molecule has 3 rings (SSSR count). The molecule has 4 heteroatoms. The van der Waals surface area contributed by atoms with Gasteiger partial charge in [-0.1, -0.05) is 12.8 Å². The first-order valence-electron chi connectivity index (χ1n) is 7.02. The average Bonchev–Trinajstić information content (AvgIpc) is 3.16. The van der Waals surface area contributed by atoms with Crippen molar-refractivity contribution in [3.8, 4) is 0 Å². The van der Waals surface area contributed by atoms with Crippen LogP contribution in [0.25, 0.3) is 0 Å². The first-order valence-corrected chi connectivity index (χ1v) is 7.84. The van der Waals surface area contributed by atoms with Gasteiger partial charge in [-0.25, -0.2) is 4.98 Å². The van der Waals surface area contributed by atoms with Crippen molar-refractivity contribution in [1.82, 2.24) is 9.88 Å². The fraction of sp³-hybridized carbons (Fsp3) is 0.714. The van der Waals surface area contributed by atoms with E-state index in [1.807, 2.05) is 11.8 Å². The molecule has 0 radical (unpaired) electrons. The molecular formula is C14H20N2OS. The zero-order valence-corrected chi connectivity index (χ0v) is 11.8. The van der Waals surface area contributed by atoms with Crippen molar-refractivity contribution in [3.63, 3.8) is 0 Å². The molecule has 0 atom stereocenters. The molecule has 18 heavy (non-hydrogen) atoms. The highest BCUT2D eigenvalue weighted by atomic mass is 32.1. The number of hydrogen-bond donors (Lipinski definition) is 0. The van der Waals surface area contributed by atoms with Gasteiger partial charge in [0.2, 0.25) is 0 Å². The molecule has 1 amide bonds. The Morgan fingerprint density at radius 1 is 1.22 bits per heavy atom. The van der Waals surface area contributed by atoms with E-state index < -0.39 is 0 Å². The monoisotopic (exact) mass is 264 g/mol. The van der Waals surface area contributed by atoms with Crippen LogP contribution in [0.1, 0.15) is 64.8 Å². The Morgan fingerprint density at radius 3 is 2.50 bits per heavy atom. The van der Waals surface area contributed by atoms with Gasteiger partial charge >= 0.3 is 0 Å². The molecular weight excluding hydrogens is 244 g/mol. The Bertz CT molecular complexity index is 443. The zero-order valence-electron chi connectivity index (χ0n) is 10.9. The predicted molar refractivity (Wildman–Crippen MR) is 73.2 cm³/mol. The average molecular weight is 264 g/mol. The van der Waals surface area contributed by atoms with Crippen LogP contribution >= 0.6 is 11.3 Å². The minimum Gasteiger partial charge on any atom is -0.338 e. The molecule has 1 aliphatic carbocycles. The molecule has 1 aromatic rings. The van der Waals surface area contributed by atoms with Gasteiger partial charge in [-0.3, -0.25) is 4.79 Å². The second-order valence-corrected chi connectivity index (χ2v) is 6.48. The van der Waals surface area contributed by atoms with Crippen molar-refractivity contribution in [1.29, 1.82) is 0 Å². The summed E-state index contributed by atoms with van der Waals surface area (Å²) in [4.78, 5) is 20.0. The van der Waals surface area contributed by atoms with Crippen LogP contribution in [0.2, 0.25) is 0 Å². The smallest absolute Gasteiger partial charge is 0.265 e. The summed E-state index contributed by atoms with van der Waals surface area (Å²) in [7, 11) is 0. The van der Waals surface area contributed by atoms with E-state index in [-0.39, 0.29) is 5.91 Å². The summed E-state index contributed by atoms with van der Waals surface area (Å²) >= 11 is 1.64. The summed E-state index contributed by atoms with van der Waals surface area (Å²) in [5.41, 5.74) is 0.941. The standard InChI is InChI=1S/C14H20N2OS/c1-10-12(18-13(15-10)11-6-7-11)14(17)16-8-4-2-3-5-9-16/h11H,2-9H2,1H3. The largest absolute Gasteiger partial charge is 0.338 e. The number of aromatic nitrogens is 1. The molecule has 0 aromatic carbocycles. The predicted octanol–water partition coefficient (Wildman–Crippen LogP) is 3.35. The van der Waals surface area contributed by atoms with Gasteiger partial charge in [-0.15, -0.1) is 11.3 Å². The van der Waals surface area contributed by atoms with Crippen LogP contribution in [0, 0.1) is 6.92 Å². The second-order valence-electron chi connectivity index (χ2n) is 5.45. The lowest BCUT2D eigenvalue weighted by Crippen LogP contribution is -2.31. The molecule has 0 bridgehead atoms. The number of likely N-dealkylation sites (tertiary alicyclic amines) is 1. The van der Waals surface area contributed by atoms with Gasteiger partial charge in [0.05, 0.1) is 10.7 Å². The molecule has 1 aromatic heterocycles. The lowest BCUT2D eigenvalue weighted by molar-refractivity contribution is 0.0765. The van der Waals surface area contributed by atoms with Crippen LogP contribution in [-0.4, -0.2) is 28.9 Å². The molecule has 98 valence electrons. The van der Waals surface area contributed by atoms with E-state index in [0.29, 0.717) is 5.92 Å². The normalized spacial score (nSPS) is 20.8. The molecule has 0 unspecified atom stereocenters. The van der Waals surface area contributed by atoms with Gasteiger partial charge < -0.3 is 4.90 Å². The maximum Gasteiger partial charge on any atom is 0.265 e. The van der Waals surface area contributed by atoms with Crippen LogP contribution < -0.4 is 0 Å². The summed E-state index contributed by atoms with van der Waals surface area (Å²) in [6, 6.07) is 0. The lowest BCUT2D eigenvalue weighted by atomic mass is 10.2. The number of aryl methyl sites for hydroxylation is 1. The van der Waals surface area contributed by atoms with Gasteiger partial charge in [0, 0.05) is 19.0 Å². The third kappa shape index (κ3) is 2.44. The molecule has 3 nitrogen and oxygen atoms in total. The van der Waals surface area contributed by atoms with Crippen LogP contribution in [0.15, 0.2) is 0 Å². The number of thiazole rings is 1. The van der Waals surface area contributed by atoms with Crippen LogP contribution in [0.3, 0.4) is 0 Å². The van der Waals surface area contributed by atoms with Crippen molar-refractivity contribution < 1.29 is 4.79 Å². The van der Waals surface area contributed by atoms with Crippen molar-refractivity contribution in [3.05, 3.63) is 15.6 Å². The summed E-state index contributed by atoms with van der Waals surface area (Å²) in [6.45, 7) is 3.83. The minimum absolute atomic E-state index is 0.221. The molecule has 1 aliphatic heterocycles. The molecule has 0 N–H and O–H groups in total. The minimum atomic E-state index is 0.221. The number of carbonyl (C=O) groups is 1. The van der Waals surface area contributed by atoms with Gasteiger partial charge in [-0.2, -0.15) is 0 Å². The number of hydrogen-bond acceptors (Lipinski definition) is 3. The SMILES string of the molecule is Cc1nc(C2CC2)sc1C(=O)N1CCCCCC1. The third-order valence-electron chi connectivity index (χ3n) is 3.83. The Morgan fingerprint density at radius 2 is 1.89 bits per heavy atom. The Kier molecular flexibility index (Phi) is 3.37. The summed E-state index contributed by atoms with van der Waals surface area (Å²) in [5, 5.41) is 1.19. The van der Waals surface area contributed by atoms with E-state index in [2.05, 4.69) is 4.98 Å². The lowest BCUT2D eigenvalue weighted by Gasteiger charge is -2.19. The summed E-state index contributed by atoms with van der Waals surface area (Å²) in [5.74, 6) is 0.873. The van der Waals surface area contributed by atoms with Crippen molar-refractivity contribution in [2.75, 3.05) is 13.1 Å². The fourth-order valence-electron chi connectivity index (χ4n) is 2.54. The number of amides is 1. The van der Waals surface area contributed by atoms with E-state index in [1.165, 1.54) is 30.7 Å². The first kappa shape index (κ1) is 12.2. The second kappa shape index (κ2) is 5.00. The molecule has 0 spiro atoms. The van der Waals surface area contributed by atoms with Gasteiger partial charge in [0.25, 0.3) is 5.91 Å². The Balaban J connectivity index is 1.77. The van der Waals surface area contributed by atoms with E-state index in [0.717, 1.165) is 36.5 Å². The summed E-state index contributed by atoms with van der Waals surface area (Å²) in [6.07, 6.45) is 7.34. The first-order chi connectivity index (χ1) is 8.75. The van der Waals surface area contributed by atoms with Crippen LogP contribution in [-0.2, 0) is 0 Å². The highest BCUT2D eigenvalue weighted by Crippen LogP contribution is 2.42. The maximum atomic E-state index is 12.5. The third-order valence-corrected chi connectivity index (χ3v) is 5.14. The maximum absolute atomic E-state index is 12.5. The van der Waals surface area contributed by atoms with Crippen molar-refractivity contribution >= 4 is 17.2 Å². The highest BCUT2D eigenvalue weighted by molar-refractivity contribution is 7.13. The number of nitrogens with zero attached hydrogens (tertiary/aromatic N) is 2. The van der Waals surface area contributed by atoms with E-state index in [4.69, 9.17) is 0 Å². The molecule has 2 aliphatic rings. The van der Waals surface area contributed by atoms with E-state index >= 15 is 0 Å². The molecule has 1 saturated heterocycles. The topological polar surface area (TPSA) is 33.2 Å². The molecule has 1 saturated carbocycles. The Hall–Kier alpha value is -0.900. The fourth-order valence-corrected chi connectivity index (χ4v) is 3.74. The van der Waals surface area contributed by atoms with Gasteiger partial charge in [0.15, 0.2) is 0 Å². The molecule has 2 heterocycles. The quantitative estimate of drug-likeness (QED) is 0.820. The molecule has 2 fully saturated rings. The highest BCUT2D eigenvalue weighted by Gasteiger charge is 2.30. The van der Waals surface area contributed by atoms with Gasteiger partial charge in [-0.05, 0) is 32.6 Å². The van der Waals surface area contributed by atoms with Crippen molar-refractivity contribution in [2.24, 2.45) is 0 Å². The zero-order chi connectivity index (χ0) is 12.5. The van der Waals surface area contributed by atoms with Gasteiger partial charge in [0.1, 0.15) is 4.88 Å². The van der Waals surface area contributed by atoms with Crippen LogP contribution in [0.4, 0.5) is 0 Å². The van der Waals surface area contributed by atoms with Crippen molar-refractivity contribution in [2.45, 2.75) is 51.4 Å². The Labute approximate surface area is 112 Å². The van der Waals surface area contributed by atoms with E-state index in [1.54, 1.807) is 11.3 Å². The number of rotatable bonds is 2. The van der Waals surface area contributed by atoms with Crippen LogP contribution in [0.5, 0.6) is 0 Å². The number of carbonyl (C=O) groups excluding carboxylic acids is 1. The summed E-state index contributed by atoms with van der Waals surface area (Å²) < 4.78 is 0. The van der Waals surface area contributed by atoms with E-state index in [9.17, 15) is 4.79 Å².